The first-order chi connectivity index (χ1) is 13.1. The highest BCUT2D eigenvalue weighted by molar-refractivity contribution is 5.78. The Kier molecular flexibility index (Phi) is 8.89. The maximum atomic E-state index is 13.1. The minimum absolute atomic E-state index is 0.119. The first-order valence-electron chi connectivity index (χ1n) is 9.15. The Morgan fingerprint density at radius 1 is 1.07 bits per heavy atom. The molecule has 0 aliphatic rings. The van der Waals surface area contributed by atoms with Gasteiger partial charge < -0.3 is 9.47 Å². The van der Waals surface area contributed by atoms with Crippen LogP contribution in [0.5, 0.6) is 0 Å². The second-order valence-corrected chi connectivity index (χ2v) is 6.53. The Labute approximate surface area is 160 Å². The molecule has 0 aliphatic carbocycles. The lowest BCUT2D eigenvalue weighted by atomic mass is 9.91. The summed E-state index contributed by atoms with van der Waals surface area (Å²) >= 11 is 0. The standard InChI is InChI=1S/C23H27FO3/c1-18(25)21(16-23(26-2)20-11-13-22(24)14-12-20)10-6-7-15-27-17-19-8-4-3-5-9-19/h3-9,11-14,21,23H,10,15-17H2,1-2H3/b7-6-/t21-,23+/m0/s1. The minimum atomic E-state index is -0.282. The van der Waals surface area contributed by atoms with Crippen LogP contribution < -0.4 is 0 Å². The molecule has 3 nitrogen and oxygen atoms in total. The number of ether oxygens (including phenoxy) is 2. The van der Waals surface area contributed by atoms with Crippen molar-refractivity contribution in [2.45, 2.75) is 32.5 Å². The van der Waals surface area contributed by atoms with E-state index in [1.807, 2.05) is 42.5 Å². The van der Waals surface area contributed by atoms with Gasteiger partial charge in [-0.15, -0.1) is 0 Å². The molecular formula is C23H27FO3. The van der Waals surface area contributed by atoms with Gasteiger partial charge in [0, 0.05) is 13.0 Å². The molecule has 0 spiro atoms. The summed E-state index contributed by atoms with van der Waals surface area (Å²) in [5.41, 5.74) is 2.01. The average molecular weight is 370 g/mol. The van der Waals surface area contributed by atoms with Gasteiger partial charge in [-0.2, -0.15) is 0 Å². The van der Waals surface area contributed by atoms with Gasteiger partial charge in [0.2, 0.25) is 0 Å². The highest BCUT2D eigenvalue weighted by Crippen LogP contribution is 2.27. The first kappa shape index (κ1) is 21.0. The Hall–Kier alpha value is -2.30. The lowest BCUT2D eigenvalue weighted by Gasteiger charge is -2.20. The summed E-state index contributed by atoms with van der Waals surface area (Å²) in [6.07, 6.45) is 4.88. The number of carbonyl (C=O) groups excluding carboxylic acids is 1. The van der Waals surface area contributed by atoms with Crippen LogP contribution in [0.1, 0.15) is 37.0 Å². The van der Waals surface area contributed by atoms with E-state index in [4.69, 9.17) is 9.47 Å². The predicted octanol–water partition coefficient (Wildman–Crippen LogP) is 5.27. The van der Waals surface area contributed by atoms with Crippen LogP contribution in [0, 0.1) is 11.7 Å². The first-order valence-corrected chi connectivity index (χ1v) is 9.15. The zero-order chi connectivity index (χ0) is 19.5. The van der Waals surface area contributed by atoms with Crippen LogP contribution in [0.3, 0.4) is 0 Å². The molecule has 4 heteroatoms. The molecule has 0 saturated carbocycles. The largest absolute Gasteiger partial charge is 0.377 e. The number of ketones is 1. The van der Waals surface area contributed by atoms with Crippen LogP contribution in [-0.2, 0) is 20.9 Å². The zero-order valence-corrected chi connectivity index (χ0v) is 15.9. The number of allylic oxidation sites excluding steroid dienone is 1. The highest BCUT2D eigenvalue weighted by Gasteiger charge is 2.20. The summed E-state index contributed by atoms with van der Waals surface area (Å²) in [5.74, 6) is -0.311. The Morgan fingerprint density at radius 2 is 1.78 bits per heavy atom. The molecule has 2 aromatic rings. The van der Waals surface area contributed by atoms with Gasteiger partial charge in [-0.05, 0) is 43.0 Å². The predicted molar refractivity (Wildman–Crippen MR) is 105 cm³/mol. The van der Waals surface area contributed by atoms with Crippen molar-refractivity contribution in [3.63, 3.8) is 0 Å². The Bertz CT molecular complexity index is 710. The molecular weight excluding hydrogens is 343 g/mol. The third kappa shape index (κ3) is 7.45. The maximum absolute atomic E-state index is 13.1. The minimum Gasteiger partial charge on any atom is -0.377 e. The van der Waals surface area contributed by atoms with E-state index in [1.54, 1.807) is 26.2 Å². The number of carbonyl (C=O) groups is 1. The van der Waals surface area contributed by atoms with Crippen LogP contribution >= 0.6 is 0 Å². The van der Waals surface area contributed by atoms with Gasteiger partial charge in [0.25, 0.3) is 0 Å². The second-order valence-electron chi connectivity index (χ2n) is 6.53. The molecule has 0 bridgehead atoms. The molecule has 0 fully saturated rings. The van der Waals surface area contributed by atoms with Gasteiger partial charge in [0.15, 0.2) is 0 Å². The fourth-order valence-electron chi connectivity index (χ4n) is 2.88. The van der Waals surface area contributed by atoms with Gasteiger partial charge in [-0.1, -0.05) is 54.6 Å². The third-order valence-electron chi connectivity index (χ3n) is 4.51. The zero-order valence-electron chi connectivity index (χ0n) is 15.9. The van der Waals surface area contributed by atoms with E-state index >= 15 is 0 Å². The van der Waals surface area contributed by atoms with Gasteiger partial charge in [0.1, 0.15) is 11.6 Å². The van der Waals surface area contributed by atoms with E-state index in [2.05, 4.69) is 0 Å². The molecule has 2 rings (SSSR count). The number of halogens is 1. The van der Waals surface area contributed by atoms with E-state index in [9.17, 15) is 9.18 Å². The summed E-state index contributed by atoms with van der Waals surface area (Å²) in [6.45, 7) is 2.67. The summed E-state index contributed by atoms with van der Waals surface area (Å²) in [7, 11) is 1.61. The lowest BCUT2D eigenvalue weighted by molar-refractivity contribution is -0.121. The van der Waals surface area contributed by atoms with Crippen molar-refractivity contribution in [3.8, 4) is 0 Å². The molecule has 0 heterocycles. The lowest BCUT2D eigenvalue weighted by Crippen LogP contribution is -2.16. The number of methoxy groups -OCH3 is 1. The smallest absolute Gasteiger partial charge is 0.133 e. The van der Waals surface area contributed by atoms with E-state index in [0.717, 1.165) is 11.1 Å². The fourth-order valence-corrected chi connectivity index (χ4v) is 2.88. The van der Waals surface area contributed by atoms with Crippen LogP contribution in [-0.4, -0.2) is 19.5 Å². The van der Waals surface area contributed by atoms with Gasteiger partial charge in [0.05, 0.1) is 19.3 Å². The number of hydrogen-bond acceptors (Lipinski definition) is 3. The summed E-state index contributed by atoms with van der Waals surface area (Å²) in [5, 5.41) is 0. The SMILES string of the molecule is CO[C@H](C[C@H](C/C=C\COCc1ccccc1)C(C)=O)c1ccc(F)cc1. The molecule has 2 aromatic carbocycles. The van der Waals surface area contributed by atoms with Crippen molar-refractivity contribution in [1.29, 1.82) is 0 Å². The van der Waals surface area contributed by atoms with E-state index in [-0.39, 0.29) is 23.6 Å². The molecule has 144 valence electrons. The number of hydrogen-bond donors (Lipinski definition) is 0. The molecule has 0 aromatic heterocycles. The molecule has 27 heavy (non-hydrogen) atoms. The van der Waals surface area contributed by atoms with Crippen LogP contribution in [0.2, 0.25) is 0 Å². The normalized spacial score (nSPS) is 13.6. The van der Waals surface area contributed by atoms with Crippen LogP contribution in [0.25, 0.3) is 0 Å². The van der Waals surface area contributed by atoms with Crippen molar-refractivity contribution >= 4 is 5.78 Å². The van der Waals surface area contributed by atoms with Crippen molar-refractivity contribution in [3.05, 3.63) is 83.7 Å². The number of benzene rings is 2. The molecule has 0 N–H and O–H groups in total. The van der Waals surface area contributed by atoms with Crippen LogP contribution in [0.15, 0.2) is 66.7 Å². The van der Waals surface area contributed by atoms with Gasteiger partial charge >= 0.3 is 0 Å². The van der Waals surface area contributed by atoms with Crippen molar-refractivity contribution in [1.82, 2.24) is 0 Å². The summed E-state index contributed by atoms with van der Waals surface area (Å²) < 4.78 is 24.2. The molecule has 2 atom stereocenters. The molecule has 0 radical (unpaired) electrons. The van der Waals surface area contributed by atoms with E-state index in [0.29, 0.717) is 26.1 Å². The summed E-state index contributed by atoms with van der Waals surface area (Å²) in [6, 6.07) is 16.2. The summed E-state index contributed by atoms with van der Waals surface area (Å²) in [4.78, 5) is 12.0. The Morgan fingerprint density at radius 3 is 2.41 bits per heavy atom. The fraction of sp³-hybridized carbons (Fsp3) is 0.348. The van der Waals surface area contributed by atoms with Crippen LogP contribution in [0.4, 0.5) is 4.39 Å². The molecule has 0 unspecified atom stereocenters. The van der Waals surface area contributed by atoms with Gasteiger partial charge in [-0.25, -0.2) is 4.39 Å². The molecule has 0 saturated heterocycles. The molecule has 0 aliphatic heterocycles. The van der Waals surface area contributed by atoms with Crippen molar-refractivity contribution in [2.75, 3.05) is 13.7 Å². The topological polar surface area (TPSA) is 35.5 Å². The average Bonchev–Trinajstić information content (AvgIpc) is 2.68. The van der Waals surface area contributed by atoms with Crippen molar-refractivity contribution in [2.24, 2.45) is 5.92 Å². The quantitative estimate of drug-likeness (QED) is 0.399. The second kappa shape index (κ2) is 11.4. The molecule has 0 amide bonds. The van der Waals surface area contributed by atoms with Crippen molar-refractivity contribution < 1.29 is 18.7 Å². The third-order valence-corrected chi connectivity index (χ3v) is 4.51. The highest BCUT2D eigenvalue weighted by atomic mass is 19.1. The number of rotatable bonds is 11. The number of Topliss-reactive ketones (excluding diaryl/α,β-unsaturated/α-hetero) is 1. The van der Waals surface area contributed by atoms with E-state index in [1.165, 1.54) is 12.1 Å². The van der Waals surface area contributed by atoms with Gasteiger partial charge in [-0.3, -0.25) is 4.79 Å². The monoisotopic (exact) mass is 370 g/mol. The Balaban J connectivity index is 1.81. The maximum Gasteiger partial charge on any atom is 0.133 e. The van der Waals surface area contributed by atoms with E-state index < -0.39 is 0 Å².